The lowest BCUT2D eigenvalue weighted by atomic mass is 10.1. The van der Waals surface area contributed by atoms with Crippen molar-refractivity contribution in [1.82, 2.24) is 20.1 Å². The molecule has 1 aliphatic heterocycles. The number of benzene rings is 1. The zero-order chi connectivity index (χ0) is 22.5. The van der Waals surface area contributed by atoms with Crippen LogP contribution >= 0.6 is 11.8 Å². The van der Waals surface area contributed by atoms with E-state index >= 15 is 0 Å². The predicted octanol–water partition coefficient (Wildman–Crippen LogP) is 3.35. The lowest BCUT2D eigenvalue weighted by Gasteiger charge is -2.36. The molecule has 4 rings (SSSR count). The van der Waals surface area contributed by atoms with Crippen molar-refractivity contribution in [1.29, 1.82) is 0 Å². The monoisotopic (exact) mass is 455 g/mol. The average Bonchev–Trinajstić information content (AvgIpc) is 3.48. The number of amides is 1. The zero-order valence-corrected chi connectivity index (χ0v) is 18.3. The zero-order valence-electron chi connectivity index (χ0n) is 17.5. The first-order valence-electron chi connectivity index (χ1n) is 10.1. The van der Waals surface area contributed by atoms with Crippen LogP contribution in [0.3, 0.4) is 0 Å². The first-order valence-corrected chi connectivity index (χ1v) is 11.1. The van der Waals surface area contributed by atoms with E-state index in [0.717, 1.165) is 0 Å². The van der Waals surface area contributed by atoms with Crippen LogP contribution in [0.2, 0.25) is 0 Å². The van der Waals surface area contributed by atoms with E-state index in [1.165, 1.54) is 24.8 Å². The van der Waals surface area contributed by atoms with Gasteiger partial charge >= 0.3 is 0 Å². The van der Waals surface area contributed by atoms with Crippen molar-refractivity contribution in [2.75, 3.05) is 36.8 Å². The Labute approximate surface area is 188 Å². The van der Waals surface area contributed by atoms with Crippen LogP contribution in [0.5, 0.6) is 0 Å². The predicted molar refractivity (Wildman–Crippen MR) is 120 cm³/mol. The second kappa shape index (κ2) is 9.82. The maximum atomic E-state index is 14.4. The topological polar surface area (TPSA) is 95.3 Å². The van der Waals surface area contributed by atoms with E-state index in [4.69, 9.17) is 4.42 Å². The number of furan rings is 1. The van der Waals surface area contributed by atoms with Crippen LogP contribution in [-0.4, -0.2) is 63.7 Å². The summed E-state index contributed by atoms with van der Waals surface area (Å²) in [6.07, 6.45) is 5.11. The van der Waals surface area contributed by atoms with E-state index in [-0.39, 0.29) is 17.4 Å². The van der Waals surface area contributed by atoms with Crippen LogP contribution in [0, 0.1) is 5.82 Å². The van der Waals surface area contributed by atoms with Crippen molar-refractivity contribution in [3.8, 4) is 0 Å². The van der Waals surface area contributed by atoms with Gasteiger partial charge in [0.15, 0.2) is 5.78 Å². The summed E-state index contributed by atoms with van der Waals surface area (Å²) in [6, 6.07) is 8.15. The van der Waals surface area contributed by atoms with E-state index in [2.05, 4.69) is 15.2 Å². The fourth-order valence-electron chi connectivity index (χ4n) is 3.34. The maximum absolute atomic E-state index is 14.4. The molecule has 1 aliphatic rings. The molecule has 166 valence electrons. The Hall–Kier alpha value is -3.40. The van der Waals surface area contributed by atoms with Crippen molar-refractivity contribution < 1.29 is 18.4 Å². The van der Waals surface area contributed by atoms with Crippen molar-refractivity contribution in [3.05, 3.63) is 59.6 Å². The number of Topliss-reactive ketones (excluding diaryl/α,β-unsaturated/α-hetero) is 1. The van der Waals surface area contributed by atoms with E-state index in [1.54, 1.807) is 41.5 Å². The molecule has 1 saturated heterocycles. The normalized spacial score (nSPS) is 14.3. The largest absolute Gasteiger partial charge is 0.465 e. The molecular formula is C22H22FN5O3S. The average molecular weight is 456 g/mol. The molecule has 1 aromatic carbocycles. The van der Waals surface area contributed by atoms with Crippen molar-refractivity contribution in [2.24, 2.45) is 0 Å². The molecule has 0 bridgehead atoms. The molecule has 2 aromatic heterocycles. The number of nitrogens with zero attached hydrogens (tertiary/aromatic N) is 4. The third-order valence-corrected chi connectivity index (χ3v) is 5.91. The highest BCUT2D eigenvalue weighted by atomic mass is 32.2. The molecule has 0 spiro atoms. The Morgan fingerprint density at radius 3 is 2.72 bits per heavy atom. The van der Waals surface area contributed by atoms with E-state index < -0.39 is 5.82 Å². The van der Waals surface area contributed by atoms with Crippen molar-refractivity contribution in [2.45, 2.75) is 12.1 Å². The summed E-state index contributed by atoms with van der Waals surface area (Å²) in [5, 5.41) is 7.42. The molecule has 8 nitrogen and oxygen atoms in total. The third-order valence-electron chi connectivity index (χ3n) is 5.08. The quantitative estimate of drug-likeness (QED) is 0.431. The van der Waals surface area contributed by atoms with Crippen LogP contribution in [0.1, 0.15) is 28.9 Å². The smallest absolute Gasteiger partial charge is 0.233 e. The van der Waals surface area contributed by atoms with Crippen LogP contribution in [0.4, 0.5) is 10.1 Å². The fraction of sp³-hybridized carbons (Fsp3) is 0.273. The molecule has 0 unspecified atom stereocenters. The van der Waals surface area contributed by atoms with Crippen LogP contribution in [0.15, 0.2) is 46.2 Å². The number of aromatic nitrogens is 3. The van der Waals surface area contributed by atoms with Gasteiger partial charge < -0.3 is 14.2 Å². The first kappa shape index (κ1) is 21.8. The fourth-order valence-corrected chi connectivity index (χ4v) is 4.05. The number of H-pyrrole nitrogens is 1. The van der Waals surface area contributed by atoms with Gasteiger partial charge in [-0.2, -0.15) is 0 Å². The number of carbonyl (C=O) groups excluding carboxylic acids is 2. The number of piperazine rings is 1. The number of halogens is 1. The van der Waals surface area contributed by atoms with Crippen molar-refractivity contribution in [3.63, 3.8) is 0 Å². The number of hydrogen-bond donors (Lipinski definition) is 1. The van der Waals surface area contributed by atoms with Gasteiger partial charge in [-0.1, -0.05) is 11.8 Å². The van der Waals surface area contributed by atoms with E-state index in [0.29, 0.717) is 54.2 Å². The molecule has 0 atom stereocenters. The molecular weight excluding hydrogens is 433 g/mol. The number of ketones is 1. The van der Waals surface area contributed by atoms with E-state index in [1.807, 2.05) is 11.0 Å². The van der Waals surface area contributed by atoms with Gasteiger partial charge in [-0.3, -0.25) is 14.7 Å². The number of aromatic amines is 1. The second-order valence-corrected chi connectivity index (χ2v) is 8.17. The standard InChI is InChI=1S/C22H22FN5O3S/c1-15(29)16-4-6-19(18(23)13-16)27-8-10-28(11-9-27)21(30)14-32-22-24-20(25-26-22)7-5-17-3-2-12-31-17/h2-7,12-13H,8-11,14H2,1H3,(H,24,25,26)/b7-5+. The lowest BCUT2D eigenvalue weighted by Crippen LogP contribution is -2.49. The van der Waals surface area contributed by atoms with Crippen LogP contribution in [0.25, 0.3) is 12.2 Å². The highest BCUT2D eigenvalue weighted by Crippen LogP contribution is 2.23. The number of anilines is 1. The summed E-state index contributed by atoms with van der Waals surface area (Å²) < 4.78 is 19.6. The third kappa shape index (κ3) is 5.25. The Kier molecular flexibility index (Phi) is 6.69. The minimum atomic E-state index is -0.422. The Morgan fingerprint density at radius 2 is 2.03 bits per heavy atom. The lowest BCUT2D eigenvalue weighted by molar-refractivity contribution is -0.128. The Bertz CT molecular complexity index is 1120. The number of hydrogen-bond acceptors (Lipinski definition) is 7. The SMILES string of the molecule is CC(=O)c1ccc(N2CCN(C(=O)CSc3n[nH]c(/C=C/c4ccco4)n3)CC2)c(F)c1. The summed E-state index contributed by atoms with van der Waals surface area (Å²) in [6.45, 7) is 3.45. The molecule has 1 fully saturated rings. The van der Waals surface area contributed by atoms with Gasteiger partial charge in [0.05, 0.1) is 17.7 Å². The highest BCUT2D eigenvalue weighted by Gasteiger charge is 2.23. The molecule has 3 aromatic rings. The second-order valence-electron chi connectivity index (χ2n) is 7.23. The molecule has 3 heterocycles. The maximum Gasteiger partial charge on any atom is 0.233 e. The first-order chi connectivity index (χ1) is 15.5. The number of thioether (sulfide) groups is 1. The molecule has 0 saturated carbocycles. The van der Waals surface area contributed by atoms with Crippen molar-refractivity contribution >= 4 is 41.3 Å². The van der Waals surface area contributed by atoms with Gasteiger partial charge in [0.2, 0.25) is 11.1 Å². The molecule has 1 amide bonds. The van der Waals surface area contributed by atoms with Gasteiger partial charge in [-0.05, 0) is 49.4 Å². The highest BCUT2D eigenvalue weighted by molar-refractivity contribution is 7.99. The Balaban J connectivity index is 1.26. The summed E-state index contributed by atoms with van der Waals surface area (Å²) in [5.41, 5.74) is 0.802. The molecule has 1 N–H and O–H groups in total. The number of rotatable bonds is 7. The van der Waals surface area contributed by atoms with Gasteiger partial charge in [0, 0.05) is 31.7 Å². The number of nitrogens with one attached hydrogen (secondary N) is 1. The molecule has 0 radical (unpaired) electrons. The summed E-state index contributed by atoms with van der Waals surface area (Å²) >= 11 is 1.26. The summed E-state index contributed by atoms with van der Waals surface area (Å²) in [5.74, 6) is 0.896. The molecule has 0 aliphatic carbocycles. The Morgan fingerprint density at radius 1 is 1.22 bits per heavy atom. The summed E-state index contributed by atoms with van der Waals surface area (Å²) in [4.78, 5) is 32.0. The van der Waals surface area contributed by atoms with Gasteiger partial charge in [-0.15, -0.1) is 5.10 Å². The minimum Gasteiger partial charge on any atom is -0.465 e. The van der Waals surface area contributed by atoms with Crippen LogP contribution < -0.4 is 4.90 Å². The van der Waals surface area contributed by atoms with Crippen LogP contribution in [-0.2, 0) is 4.79 Å². The summed E-state index contributed by atoms with van der Waals surface area (Å²) in [7, 11) is 0. The number of carbonyl (C=O) groups is 2. The molecule has 32 heavy (non-hydrogen) atoms. The molecule has 10 heteroatoms. The van der Waals surface area contributed by atoms with Gasteiger partial charge in [-0.25, -0.2) is 9.37 Å². The van der Waals surface area contributed by atoms with E-state index in [9.17, 15) is 14.0 Å². The van der Waals surface area contributed by atoms with Gasteiger partial charge in [0.1, 0.15) is 17.4 Å². The van der Waals surface area contributed by atoms with Gasteiger partial charge in [0.25, 0.3) is 0 Å². The minimum absolute atomic E-state index is 0.0143.